The zero-order valence-corrected chi connectivity index (χ0v) is 12.2. The van der Waals surface area contributed by atoms with Crippen LogP contribution in [0.1, 0.15) is 5.69 Å². The Bertz CT molecular complexity index is 734. The van der Waals surface area contributed by atoms with Crippen molar-refractivity contribution >= 4 is 17.2 Å². The summed E-state index contributed by atoms with van der Waals surface area (Å²) in [6, 6.07) is 7.72. The predicted octanol–water partition coefficient (Wildman–Crippen LogP) is 3.11. The van der Waals surface area contributed by atoms with Crippen molar-refractivity contribution in [2.24, 2.45) is 0 Å². The maximum Gasteiger partial charge on any atom is 0.156 e. The van der Waals surface area contributed by atoms with Crippen molar-refractivity contribution in [3.8, 4) is 11.3 Å². The van der Waals surface area contributed by atoms with Gasteiger partial charge in [-0.25, -0.2) is 4.98 Å². The number of fused-ring (bicyclic) bond motifs is 1. The van der Waals surface area contributed by atoms with Gasteiger partial charge >= 0.3 is 0 Å². The van der Waals surface area contributed by atoms with E-state index in [4.69, 9.17) is 16.6 Å². The van der Waals surface area contributed by atoms with Gasteiger partial charge in [0.15, 0.2) is 5.65 Å². The minimum absolute atomic E-state index is 0.655. The molecule has 5 heteroatoms. The van der Waals surface area contributed by atoms with Crippen LogP contribution in [0.5, 0.6) is 0 Å². The Morgan fingerprint density at radius 2 is 2.10 bits per heavy atom. The Hall–Kier alpha value is -1.91. The van der Waals surface area contributed by atoms with Gasteiger partial charge in [-0.1, -0.05) is 11.6 Å². The molecule has 3 heterocycles. The van der Waals surface area contributed by atoms with E-state index in [9.17, 15) is 0 Å². The molecule has 3 aromatic rings. The SMILES string of the molecule is CN(C)Cc1c(-c2cccnc2)nc2c(Cl)cccn12. The zero-order chi connectivity index (χ0) is 14.1. The minimum atomic E-state index is 0.655. The van der Waals surface area contributed by atoms with Crippen LogP contribution in [-0.4, -0.2) is 33.4 Å². The van der Waals surface area contributed by atoms with E-state index in [1.54, 1.807) is 6.20 Å². The summed E-state index contributed by atoms with van der Waals surface area (Å²) in [6.07, 6.45) is 5.58. The van der Waals surface area contributed by atoms with E-state index < -0.39 is 0 Å². The van der Waals surface area contributed by atoms with Gasteiger partial charge in [0, 0.05) is 30.7 Å². The zero-order valence-electron chi connectivity index (χ0n) is 11.4. The molecule has 0 aliphatic carbocycles. The standard InChI is InChI=1S/C15H15ClN4/c1-19(2)10-13-14(11-5-3-7-17-9-11)18-15-12(16)6-4-8-20(13)15/h3-9H,10H2,1-2H3. The molecule has 0 saturated carbocycles. The van der Waals surface area contributed by atoms with Crippen molar-refractivity contribution in [2.75, 3.05) is 14.1 Å². The molecule has 0 aliphatic heterocycles. The molecule has 0 spiro atoms. The number of halogens is 1. The molecule has 0 aliphatic rings. The summed E-state index contributed by atoms with van der Waals surface area (Å²) in [5.74, 6) is 0. The number of rotatable bonds is 3. The number of hydrogen-bond donors (Lipinski definition) is 0. The summed E-state index contributed by atoms with van der Waals surface area (Å²) >= 11 is 6.25. The summed E-state index contributed by atoms with van der Waals surface area (Å²) in [4.78, 5) is 11.0. The maximum atomic E-state index is 6.25. The first-order valence-corrected chi connectivity index (χ1v) is 6.75. The van der Waals surface area contributed by atoms with Crippen molar-refractivity contribution in [2.45, 2.75) is 6.54 Å². The van der Waals surface area contributed by atoms with Crippen LogP contribution in [0.4, 0.5) is 0 Å². The maximum absolute atomic E-state index is 6.25. The number of pyridine rings is 2. The molecule has 0 amide bonds. The monoisotopic (exact) mass is 286 g/mol. The lowest BCUT2D eigenvalue weighted by Gasteiger charge is -2.11. The average Bonchev–Trinajstić information content (AvgIpc) is 2.80. The largest absolute Gasteiger partial charge is 0.304 e. The second-order valence-corrected chi connectivity index (χ2v) is 5.34. The Kier molecular flexibility index (Phi) is 3.42. The van der Waals surface area contributed by atoms with E-state index in [1.807, 2.05) is 55.2 Å². The first-order chi connectivity index (χ1) is 9.66. The predicted molar refractivity (Wildman–Crippen MR) is 80.8 cm³/mol. The van der Waals surface area contributed by atoms with E-state index in [1.165, 1.54) is 0 Å². The molecule has 4 nitrogen and oxygen atoms in total. The molecule has 0 unspecified atom stereocenters. The molecule has 0 fully saturated rings. The first-order valence-electron chi connectivity index (χ1n) is 6.37. The highest BCUT2D eigenvalue weighted by atomic mass is 35.5. The molecule has 0 radical (unpaired) electrons. The van der Waals surface area contributed by atoms with Crippen LogP contribution in [0.2, 0.25) is 5.02 Å². The van der Waals surface area contributed by atoms with Gasteiger partial charge in [0.25, 0.3) is 0 Å². The van der Waals surface area contributed by atoms with E-state index in [0.717, 1.165) is 29.1 Å². The smallest absolute Gasteiger partial charge is 0.156 e. The minimum Gasteiger partial charge on any atom is -0.304 e. The van der Waals surface area contributed by atoms with Gasteiger partial charge in [-0.15, -0.1) is 0 Å². The quantitative estimate of drug-likeness (QED) is 0.742. The van der Waals surface area contributed by atoms with Crippen LogP contribution >= 0.6 is 11.6 Å². The van der Waals surface area contributed by atoms with Crippen LogP contribution in [0.25, 0.3) is 16.9 Å². The molecule has 0 bridgehead atoms. The molecule has 102 valence electrons. The van der Waals surface area contributed by atoms with Crippen molar-refractivity contribution in [3.05, 3.63) is 53.6 Å². The van der Waals surface area contributed by atoms with Crippen LogP contribution in [0, 0.1) is 0 Å². The second-order valence-electron chi connectivity index (χ2n) is 4.94. The fraction of sp³-hybridized carbons (Fsp3) is 0.200. The van der Waals surface area contributed by atoms with Crippen molar-refractivity contribution in [3.63, 3.8) is 0 Å². The highest BCUT2D eigenvalue weighted by Crippen LogP contribution is 2.27. The number of hydrogen-bond acceptors (Lipinski definition) is 3. The molecule has 0 saturated heterocycles. The summed E-state index contributed by atoms with van der Waals surface area (Å²) in [5, 5.41) is 0.655. The second kappa shape index (κ2) is 5.23. The van der Waals surface area contributed by atoms with Crippen LogP contribution in [0.15, 0.2) is 42.9 Å². The number of imidazole rings is 1. The topological polar surface area (TPSA) is 33.4 Å². The molecule has 0 atom stereocenters. The Labute approximate surface area is 122 Å². The van der Waals surface area contributed by atoms with E-state index in [0.29, 0.717) is 5.02 Å². The van der Waals surface area contributed by atoms with Gasteiger partial charge < -0.3 is 9.30 Å². The summed E-state index contributed by atoms with van der Waals surface area (Å²) in [6.45, 7) is 0.783. The lowest BCUT2D eigenvalue weighted by molar-refractivity contribution is 0.396. The molecule has 20 heavy (non-hydrogen) atoms. The molecule has 0 N–H and O–H groups in total. The van der Waals surface area contributed by atoms with Crippen molar-refractivity contribution < 1.29 is 0 Å². The lowest BCUT2D eigenvalue weighted by atomic mass is 10.1. The van der Waals surface area contributed by atoms with Gasteiger partial charge in [0.2, 0.25) is 0 Å². The Morgan fingerprint density at radius 1 is 1.25 bits per heavy atom. The lowest BCUT2D eigenvalue weighted by Crippen LogP contribution is -2.13. The fourth-order valence-corrected chi connectivity index (χ4v) is 2.47. The van der Waals surface area contributed by atoms with E-state index in [-0.39, 0.29) is 0 Å². The Morgan fingerprint density at radius 3 is 2.80 bits per heavy atom. The summed E-state index contributed by atoms with van der Waals surface area (Å²) in [5.41, 5.74) is 3.83. The van der Waals surface area contributed by atoms with Gasteiger partial charge in [-0.2, -0.15) is 0 Å². The van der Waals surface area contributed by atoms with Gasteiger partial charge in [-0.3, -0.25) is 4.98 Å². The van der Waals surface area contributed by atoms with Crippen LogP contribution in [0.3, 0.4) is 0 Å². The highest BCUT2D eigenvalue weighted by Gasteiger charge is 2.16. The molecule has 3 rings (SSSR count). The molecular formula is C15H15ClN4. The van der Waals surface area contributed by atoms with E-state index in [2.05, 4.69) is 9.88 Å². The average molecular weight is 287 g/mol. The number of nitrogens with zero attached hydrogens (tertiary/aromatic N) is 4. The van der Waals surface area contributed by atoms with Gasteiger partial charge in [0.05, 0.1) is 16.4 Å². The van der Waals surface area contributed by atoms with Crippen molar-refractivity contribution in [1.82, 2.24) is 19.3 Å². The highest BCUT2D eigenvalue weighted by molar-refractivity contribution is 6.33. The van der Waals surface area contributed by atoms with Gasteiger partial charge in [-0.05, 0) is 38.4 Å². The third kappa shape index (κ3) is 2.28. The summed E-state index contributed by atoms with van der Waals surface area (Å²) < 4.78 is 2.05. The Balaban J connectivity index is 2.27. The van der Waals surface area contributed by atoms with Gasteiger partial charge in [0.1, 0.15) is 0 Å². The van der Waals surface area contributed by atoms with Crippen LogP contribution in [-0.2, 0) is 6.54 Å². The first kappa shape index (κ1) is 13.1. The molecule has 0 aromatic carbocycles. The third-order valence-corrected chi connectivity index (χ3v) is 3.40. The number of aromatic nitrogens is 3. The fourth-order valence-electron chi connectivity index (χ4n) is 2.27. The third-order valence-electron chi connectivity index (χ3n) is 3.10. The summed E-state index contributed by atoms with van der Waals surface area (Å²) in [7, 11) is 4.08. The van der Waals surface area contributed by atoms with Crippen LogP contribution < -0.4 is 0 Å². The molecule has 3 aromatic heterocycles. The van der Waals surface area contributed by atoms with Crippen molar-refractivity contribution in [1.29, 1.82) is 0 Å². The van der Waals surface area contributed by atoms with E-state index >= 15 is 0 Å². The molecular weight excluding hydrogens is 272 g/mol. The normalized spacial score (nSPS) is 11.4.